The Morgan fingerprint density at radius 3 is 2.67 bits per heavy atom. The standard InChI is InChI=1S/C5H5BrINO/c1-3-5(7)4(2-6)8-9-3/h2H2,1H3. The lowest BCUT2D eigenvalue weighted by atomic mass is 10.4. The summed E-state index contributed by atoms with van der Waals surface area (Å²) < 4.78 is 6.01. The van der Waals surface area contributed by atoms with Crippen molar-refractivity contribution < 1.29 is 4.52 Å². The van der Waals surface area contributed by atoms with E-state index in [1.54, 1.807) is 0 Å². The summed E-state index contributed by atoms with van der Waals surface area (Å²) in [5.74, 6) is 0.894. The zero-order chi connectivity index (χ0) is 6.85. The van der Waals surface area contributed by atoms with Crippen molar-refractivity contribution in [1.82, 2.24) is 5.16 Å². The average Bonchev–Trinajstić information content (AvgIpc) is 2.15. The fourth-order valence-corrected chi connectivity index (χ4v) is 1.78. The second-order valence-electron chi connectivity index (χ2n) is 1.63. The van der Waals surface area contributed by atoms with Gasteiger partial charge in [0, 0.05) is 0 Å². The molecule has 1 heterocycles. The molecule has 0 saturated heterocycles. The van der Waals surface area contributed by atoms with E-state index in [1.807, 2.05) is 6.92 Å². The molecule has 2 nitrogen and oxygen atoms in total. The quantitative estimate of drug-likeness (QED) is 0.588. The molecule has 9 heavy (non-hydrogen) atoms. The predicted molar refractivity (Wildman–Crippen MR) is 46.6 cm³/mol. The number of nitrogens with zero attached hydrogens (tertiary/aromatic N) is 1. The largest absolute Gasteiger partial charge is 0.360 e. The summed E-state index contributed by atoms with van der Waals surface area (Å²) in [5.41, 5.74) is 0.980. The van der Waals surface area contributed by atoms with Gasteiger partial charge < -0.3 is 4.52 Å². The van der Waals surface area contributed by atoms with Gasteiger partial charge in [-0.2, -0.15) is 0 Å². The molecule has 0 radical (unpaired) electrons. The van der Waals surface area contributed by atoms with Crippen LogP contribution in [0, 0.1) is 10.5 Å². The van der Waals surface area contributed by atoms with Crippen molar-refractivity contribution in [3.05, 3.63) is 15.0 Å². The topological polar surface area (TPSA) is 26.0 Å². The maximum atomic E-state index is 4.90. The van der Waals surface area contributed by atoms with Gasteiger partial charge >= 0.3 is 0 Å². The first-order chi connectivity index (χ1) is 4.25. The fourth-order valence-electron chi connectivity index (χ4n) is 0.490. The van der Waals surface area contributed by atoms with E-state index in [4.69, 9.17) is 4.52 Å². The number of hydrogen-bond acceptors (Lipinski definition) is 2. The number of aryl methyl sites for hydroxylation is 1. The van der Waals surface area contributed by atoms with Crippen LogP contribution in [0.3, 0.4) is 0 Å². The smallest absolute Gasteiger partial charge is 0.147 e. The van der Waals surface area contributed by atoms with Crippen LogP contribution in [-0.4, -0.2) is 5.16 Å². The van der Waals surface area contributed by atoms with Crippen LogP contribution < -0.4 is 0 Å². The first-order valence-electron chi connectivity index (χ1n) is 2.42. The SMILES string of the molecule is Cc1onc(CBr)c1I. The Hall–Kier alpha value is 0.420. The number of rotatable bonds is 1. The van der Waals surface area contributed by atoms with E-state index in [-0.39, 0.29) is 0 Å². The Kier molecular flexibility index (Phi) is 2.51. The van der Waals surface area contributed by atoms with Crippen LogP contribution in [0.4, 0.5) is 0 Å². The minimum atomic E-state index is 0.766. The van der Waals surface area contributed by atoms with E-state index < -0.39 is 0 Å². The fraction of sp³-hybridized carbons (Fsp3) is 0.400. The monoisotopic (exact) mass is 301 g/mol. The normalized spacial score (nSPS) is 10.1. The van der Waals surface area contributed by atoms with Crippen molar-refractivity contribution in [2.24, 2.45) is 0 Å². The third-order valence-corrected chi connectivity index (χ3v) is 2.90. The van der Waals surface area contributed by atoms with E-state index >= 15 is 0 Å². The number of aromatic nitrogens is 1. The molecular formula is C5H5BrINO. The van der Waals surface area contributed by atoms with E-state index in [0.29, 0.717) is 0 Å². The Bertz CT molecular complexity index is 211. The van der Waals surface area contributed by atoms with Crippen LogP contribution in [0.1, 0.15) is 11.5 Å². The second-order valence-corrected chi connectivity index (χ2v) is 3.27. The molecule has 0 aliphatic heterocycles. The highest BCUT2D eigenvalue weighted by Crippen LogP contribution is 2.17. The zero-order valence-electron chi connectivity index (χ0n) is 4.82. The highest BCUT2D eigenvalue weighted by atomic mass is 127. The summed E-state index contributed by atoms with van der Waals surface area (Å²) in [5, 5.41) is 4.57. The Balaban J connectivity index is 3.04. The molecule has 0 spiro atoms. The minimum Gasteiger partial charge on any atom is -0.360 e. The molecule has 1 rings (SSSR count). The van der Waals surface area contributed by atoms with Crippen molar-refractivity contribution in [3.8, 4) is 0 Å². The van der Waals surface area contributed by atoms with Crippen molar-refractivity contribution in [2.75, 3.05) is 0 Å². The van der Waals surface area contributed by atoms with Gasteiger partial charge in [0.05, 0.1) is 8.90 Å². The average molecular weight is 302 g/mol. The van der Waals surface area contributed by atoms with E-state index in [1.165, 1.54) is 0 Å². The van der Waals surface area contributed by atoms with Gasteiger partial charge in [-0.15, -0.1) is 0 Å². The highest BCUT2D eigenvalue weighted by Gasteiger charge is 2.06. The molecule has 0 bridgehead atoms. The lowest BCUT2D eigenvalue weighted by Crippen LogP contribution is -1.78. The molecule has 0 fully saturated rings. The third kappa shape index (κ3) is 1.46. The van der Waals surface area contributed by atoms with Crippen molar-refractivity contribution in [1.29, 1.82) is 0 Å². The molecule has 0 saturated carbocycles. The summed E-state index contributed by atoms with van der Waals surface area (Å²) in [6, 6.07) is 0. The Morgan fingerprint density at radius 1 is 1.78 bits per heavy atom. The van der Waals surface area contributed by atoms with Gasteiger partial charge in [0.25, 0.3) is 0 Å². The van der Waals surface area contributed by atoms with Crippen LogP contribution in [-0.2, 0) is 5.33 Å². The molecule has 0 atom stereocenters. The minimum absolute atomic E-state index is 0.766. The molecule has 0 unspecified atom stereocenters. The van der Waals surface area contributed by atoms with E-state index in [0.717, 1.165) is 20.4 Å². The second kappa shape index (κ2) is 3.01. The summed E-state index contributed by atoms with van der Waals surface area (Å²) in [6.07, 6.45) is 0. The number of hydrogen-bond donors (Lipinski definition) is 0. The van der Waals surface area contributed by atoms with Crippen LogP contribution in [0.2, 0.25) is 0 Å². The molecule has 0 aromatic carbocycles. The molecule has 1 aromatic heterocycles. The van der Waals surface area contributed by atoms with Gasteiger partial charge in [-0.25, -0.2) is 0 Å². The zero-order valence-corrected chi connectivity index (χ0v) is 8.56. The number of alkyl halides is 1. The van der Waals surface area contributed by atoms with Gasteiger partial charge in [-0.1, -0.05) is 21.1 Å². The molecule has 4 heteroatoms. The molecule has 0 amide bonds. The van der Waals surface area contributed by atoms with Gasteiger partial charge in [0.1, 0.15) is 11.5 Å². The molecule has 0 aliphatic rings. The maximum absolute atomic E-state index is 4.90. The molecule has 0 N–H and O–H groups in total. The van der Waals surface area contributed by atoms with Crippen LogP contribution in [0.15, 0.2) is 4.52 Å². The van der Waals surface area contributed by atoms with Gasteiger partial charge in [0.15, 0.2) is 0 Å². The molecular weight excluding hydrogens is 297 g/mol. The van der Waals surface area contributed by atoms with E-state index in [9.17, 15) is 0 Å². The lowest BCUT2D eigenvalue weighted by molar-refractivity contribution is 0.392. The van der Waals surface area contributed by atoms with Gasteiger partial charge in [0.2, 0.25) is 0 Å². The van der Waals surface area contributed by atoms with Crippen LogP contribution in [0.25, 0.3) is 0 Å². The predicted octanol–water partition coefficient (Wildman–Crippen LogP) is 2.48. The molecule has 50 valence electrons. The van der Waals surface area contributed by atoms with E-state index in [2.05, 4.69) is 43.7 Å². The third-order valence-electron chi connectivity index (χ3n) is 0.982. The maximum Gasteiger partial charge on any atom is 0.147 e. The van der Waals surface area contributed by atoms with Crippen molar-refractivity contribution >= 4 is 38.5 Å². The van der Waals surface area contributed by atoms with Crippen LogP contribution >= 0.6 is 38.5 Å². The summed E-state index contributed by atoms with van der Waals surface area (Å²) in [7, 11) is 0. The van der Waals surface area contributed by atoms with Gasteiger partial charge in [-0.05, 0) is 29.5 Å². The first kappa shape index (κ1) is 7.53. The first-order valence-corrected chi connectivity index (χ1v) is 4.62. The van der Waals surface area contributed by atoms with Crippen LogP contribution in [0.5, 0.6) is 0 Å². The van der Waals surface area contributed by atoms with Crippen molar-refractivity contribution in [3.63, 3.8) is 0 Å². The Morgan fingerprint density at radius 2 is 2.44 bits per heavy atom. The summed E-state index contributed by atoms with van der Waals surface area (Å²) >= 11 is 5.51. The molecule has 0 aliphatic carbocycles. The lowest BCUT2D eigenvalue weighted by Gasteiger charge is -1.82. The van der Waals surface area contributed by atoms with Gasteiger partial charge in [-0.3, -0.25) is 0 Å². The molecule has 1 aromatic rings. The summed E-state index contributed by atoms with van der Waals surface area (Å²) in [4.78, 5) is 0. The van der Waals surface area contributed by atoms with Crippen molar-refractivity contribution in [2.45, 2.75) is 12.3 Å². The number of halogens is 2. The Labute approximate surface area is 75.3 Å². The highest BCUT2D eigenvalue weighted by molar-refractivity contribution is 14.1. The summed E-state index contributed by atoms with van der Waals surface area (Å²) in [6.45, 7) is 1.90.